The number of hydrogen-bond acceptors (Lipinski definition) is 4. The first-order chi connectivity index (χ1) is 12.7. The van der Waals surface area contributed by atoms with E-state index in [4.69, 9.17) is 9.47 Å². The molecular weight excluding hydrogens is 328 g/mol. The molecule has 2 bridgehead atoms. The van der Waals surface area contributed by atoms with E-state index in [0.717, 1.165) is 37.2 Å². The Morgan fingerprint density at radius 2 is 2.15 bits per heavy atom. The van der Waals surface area contributed by atoms with Gasteiger partial charge in [-0.2, -0.15) is 0 Å². The first-order valence-corrected chi connectivity index (χ1v) is 9.35. The summed E-state index contributed by atoms with van der Waals surface area (Å²) in [5.74, 6) is 0.943. The van der Waals surface area contributed by atoms with Gasteiger partial charge in [-0.25, -0.2) is 4.79 Å². The molecule has 1 fully saturated rings. The van der Waals surface area contributed by atoms with E-state index >= 15 is 0 Å². The number of rotatable bonds is 2. The lowest BCUT2D eigenvalue weighted by molar-refractivity contribution is -0.147. The van der Waals surface area contributed by atoms with E-state index in [9.17, 15) is 4.79 Å². The Morgan fingerprint density at radius 1 is 1.31 bits per heavy atom. The second kappa shape index (κ2) is 5.61. The normalized spacial score (nSPS) is 28.4. The smallest absolute Gasteiger partial charge is 0.329 e. The number of piperidine rings is 1. The quantitative estimate of drug-likeness (QED) is 0.615. The van der Waals surface area contributed by atoms with Gasteiger partial charge in [0.2, 0.25) is 0 Å². The molecule has 3 aliphatic heterocycles. The van der Waals surface area contributed by atoms with Crippen molar-refractivity contribution in [2.24, 2.45) is 5.92 Å². The van der Waals surface area contributed by atoms with E-state index in [-0.39, 0.29) is 17.9 Å². The molecule has 136 valence electrons. The average Bonchev–Trinajstić information content (AvgIpc) is 3.01. The standard InChI is InChI=1S/C21H24N2O3/c1-4-12-11-22-8-7-14-16-9-13(25-2)5-6-17(16)23-19(14)18(22)10-15(12)20(23)21(24)26-3/h4-6,9,15,18,20H,7-8,10-11H2,1-3H3/b12-4+/t15-,18-,20?/m0/s1. The van der Waals surface area contributed by atoms with Gasteiger partial charge in [0, 0.05) is 35.6 Å². The molecule has 0 amide bonds. The lowest BCUT2D eigenvalue weighted by Gasteiger charge is -2.50. The van der Waals surface area contributed by atoms with Crippen LogP contribution in [0.2, 0.25) is 0 Å². The van der Waals surface area contributed by atoms with Crippen LogP contribution < -0.4 is 4.74 Å². The monoisotopic (exact) mass is 352 g/mol. The number of carbonyl (C=O) groups excluding carboxylic acids is 1. The highest BCUT2D eigenvalue weighted by Gasteiger charge is 2.49. The lowest BCUT2D eigenvalue weighted by Crippen LogP contribution is -2.50. The SMILES string of the molecule is C/C=C1\CN2CCc3c4n(c5ccc(OC)cc35)C(C(=O)OC)[C@H]1C[C@@H]42. The van der Waals surface area contributed by atoms with Crippen molar-refractivity contribution in [3.8, 4) is 5.75 Å². The van der Waals surface area contributed by atoms with Crippen molar-refractivity contribution in [3.63, 3.8) is 0 Å². The van der Waals surface area contributed by atoms with Gasteiger partial charge in [0.15, 0.2) is 0 Å². The maximum Gasteiger partial charge on any atom is 0.329 e. The Bertz CT molecular complexity index is 942. The molecule has 5 heteroatoms. The number of fused-ring (bicyclic) bond motifs is 4. The maximum atomic E-state index is 12.9. The van der Waals surface area contributed by atoms with Crippen molar-refractivity contribution in [3.05, 3.63) is 41.1 Å². The van der Waals surface area contributed by atoms with E-state index in [1.54, 1.807) is 7.11 Å². The zero-order valence-corrected chi connectivity index (χ0v) is 15.5. The maximum absolute atomic E-state index is 12.9. The number of esters is 1. The van der Waals surface area contributed by atoms with Crippen molar-refractivity contribution >= 4 is 16.9 Å². The number of carbonyl (C=O) groups is 1. The van der Waals surface area contributed by atoms with Crippen LogP contribution in [0.25, 0.3) is 10.9 Å². The minimum Gasteiger partial charge on any atom is -0.497 e. The number of aromatic nitrogens is 1. The van der Waals surface area contributed by atoms with Gasteiger partial charge < -0.3 is 14.0 Å². The van der Waals surface area contributed by atoms with Crippen molar-refractivity contribution in [1.82, 2.24) is 9.47 Å². The molecule has 1 aromatic heterocycles. The molecule has 5 nitrogen and oxygen atoms in total. The van der Waals surface area contributed by atoms with Gasteiger partial charge in [0.25, 0.3) is 0 Å². The molecule has 0 saturated carbocycles. The average molecular weight is 352 g/mol. The summed E-state index contributed by atoms with van der Waals surface area (Å²) >= 11 is 0. The summed E-state index contributed by atoms with van der Waals surface area (Å²) in [5.41, 5.74) is 5.19. The third-order valence-corrected chi connectivity index (χ3v) is 6.57. The summed E-state index contributed by atoms with van der Waals surface area (Å²) in [6, 6.07) is 6.34. The molecule has 3 aliphatic rings. The summed E-state index contributed by atoms with van der Waals surface area (Å²) in [4.78, 5) is 15.4. The summed E-state index contributed by atoms with van der Waals surface area (Å²) < 4.78 is 13.0. The molecule has 0 spiro atoms. The van der Waals surface area contributed by atoms with E-state index in [1.165, 1.54) is 29.3 Å². The van der Waals surface area contributed by atoms with Gasteiger partial charge in [-0.3, -0.25) is 4.90 Å². The van der Waals surface area contributed by atoms with Crippen molar-refractivity contribution in [2.75, 3.05) is 27.3 Å². The highest BCUT2D eigenvalue weighted by atomic mass is 16.5. The Morgan fingerprint density at radius 3 is 2.88 bits per heavy atom. The van der Waals surface area contributed by atoms with Crippen molar-refractivity contribution < 1.29 is 14.3 Å². The Kier molecular flexibility index (Phi) is 3.44. The minimum absolute atomic E-state index is 0.137. The van der Waals surface area contributed by atoms with Crippen LogP contribution in [0.15, 0.2) is 29.8 Å². The summed E-state index contributed by atoms with van der Waals surface area (Å²) in [7, 11) is 3.20. The molecule has 2 aromatic rings. The van der Waals surface area contributed by atoms with E-state index in [1.807, 2.05) is 6.07 Å². The van der Waals surface area contributed by atoms with Crippen LogP contribution in [0.4, 0.5) is 0 Å². The first-order valence-electron chi connectivity index (χ1n) is 9.35. The number of hydrogen-bond donors (Lipinski definition) is 0. The molecule has 1 unspecified atom stereocenters. The molecule has 5 rings (SSSR count). The van der Waals surface area contributed by atoms with Gasteiger partial charge in [0.1, 0.15) is 11.8 Å². The predicted molar refractivity (Wildman–Crippen MR) is 99.4 cm³/mol. The van der Waals surface area contributed by atoms with E-state index < -0.39 is 0 Å². The molecule has 1 aromatic carbocycles. The van der Waals surface area contributed by atoms with Crippen LogP contribution in [-0.2, 0) is 16.0 Å². The summed E-state index contributed by atoms with van der Waals surface area (Å²) in [6.45, 7) is 4.12. The van der Waals surface area contributed by atoms with Crippen LogP contribution in [0.5, 0.6) is 5.75 Å². The fraction of sp³-hybridized carbons (Fsp3) is 0.476. The first kappa shape index (κ1) is 15.9. The lowest BCUT2D eigenvalue weighted by atomic mass is 9.75. The van der Waals surface area contributed by atoms with E-state index in [2.05, 4.69) is 34.6 Å². The molecule has 3 atom stereocenters. The highest BCUT2D eigenvalue weighted by molar-refractivity contribution is 5.90. The van der Waals surface area contributed by atoms with Gasteiger partial charge in [-0.05, 0) is 43.5 Å². The molecule has 0 radical (unpaired) electrons. The second-order valence-corrected chi connectivity index (χ2v) is 7.53. The van der Waals surface area contributed by atoms with Crippen LogP contribution in [0.3, 0.4) is 0 Å². The van der Waals surface area contributed by atoms with Crippen molar-refractivity contribution in [2.45, 2.75) is 31.8 Å². The topological polar surface area (TPSA) is 43.7 Å². The summed E-state index contributed by atoms with van der Waals surface area (Å²) in [5, 5.41) is 1.22. The van der Waals surface area contributed by atoms with Crippen LogP contribution in [0.1, 0.15) is 36.7 Å². The number of benzene rings is 1. The fourth-order valence-corrected chi connectivity index (χ4v) is 5.42. The molecule has 4 heterocycles. The van der Waals surface area contributed by atoms with Crippen molar-refractivity contribution in [1.29, 1.82) is 0 Å². The van der Waals surface area contributed by atoms with Gasteiger partial charge >= 0.3 is 5.97 Å². The largest absolute Gasteiger partial charge is 0.497 e. The van der Waals surface area contributed by atoms with Gasteiger partial charge in [0.05, 0.1) is 20.3 Å². The zero-order chi connectivity index (χ0) is 18.0. The second-order valence-electron chi connectivity index (χ2n) is 7.53. The van der Waals surface area contributed by atoms with Gasteiger partial charge in [-0.1, -0.05) is 11.6 Å². The van der Waals surface area contributed by atoms with Gasteiger partial charge in [-0.15, -0.1) is 0 Å². The van der Waals surface area contributed by atoms with E-state index in [0.29, 0.717) is 6.04 Å². The molecule has 1 saturated heterocycles. The third-order valence-electron chi connectivity index (χ3n) is 6.57. The number of nitrogens with zero attached hydrogens (tertiary/aromatic N) is 2. The highest BCUT2D eigenvalue weighted by Crippen LogP contribution is 2.53. The molecule has 26 heavy (non-hydrogen) atoms. The third kappa shape index (κ3) is 1.92. The minimum atomic E-state index is -0.276. The Hall–Kier alpha value is -2.27. The predicted octanol–water partition coefficient (Wildman–Crippen LogP) is 3.24. The summed E-state index contributed by atoms with van der Waals surface area (Å²) in [6.07, 6.45) is 4.21. The molecule has 0 N–H and O–H groups in total. The number of allylic oxidation sites excluding steroid dienone is 1. The number of methoxy groups -OCH3 is 2. The fourth-order valence-electron chi connectivity index (χ4n) is 5.42. The Labute approximate surface area is 153 Å². The van der Waals surface area contributed by atoms with Crippen LogP contribution >= 0.6 is 0 Å². The molecule has 0 aliphatic carbocycles. The van der Waals surface area contributed by atoms with Crippen LogP contribution in [-0.4, -0.2) is 42.7 Å². The zero-order valence-electron chi connectivity index (χ0n) is 15.5. The number of ether oxygens (including phenoxy) is 2. The molecular formula is C21H24N2O3. The van der Waals surface area contributed by atoms with Crippen LogP contribution in [0, 0.1) is 5.92 Å². The Balaban J connectivity index is 1.84.